The monoisotopic (exact) mass is 335 g/mol. The summed E-state index contributed by atoms with van der Waals surface area (Å²) in [5, 5.41) is 6.14. The number of rotatable bonds is 8. The molecule has 24 heavy (non-hydrogen) atoms. The molecule has 1 aliphatic heterocycles. The molecular formula is C18H29N3O3. The van der Waals surface area contributed by atoms with Crippen LogP contribution < -0.4 is 20.1 Å². The molecule has 2 rings (SSSR count). The van der Waals surface area contributed by atoms with Crippen molar-refractivity contribution in [3.8, 4) is 11.5 Å². The van der Waals surface area contributed by atoms with Gasteiger partial charge < -0.3 is 20.1 Å². The van der Waals surface area contributed by atoms with Gasteiger partial charge in [0.25, 0.3) is 0 Å². The van der Waals surface area contributed by atoms with E-state index in [1.165, 1.54) is 19.3 Å². The highest BCUT2D eigenvalue weighted by atomic mass is 16.5. The first-order valence-corrected chi connectivity index (χ1v) is 8.54. The lowest BCUT2D eigenvalue weighted by Gasteiger charge is -2.31. The Morgan fingerprint density at radius 2 is 1.79 bits per heavy atom. The predicted molar refractivity (Wildman–Crippen MR) is 95.9 cm³/mol. The molecule has 1 aromatic rings. The highest BCUT2D eigenvalue weighted by Gasteiger charge is 2.20. The van der Waals surface area contributed by atoms with Crippen LogP contribution in [0.3, 0.4) is 0 Å². The molecule has 1 aromatic carbocycles. The number of ether oxygens (including phenoxy) is 2. The molecule has 0 atom stereocenters. The predicted octanol–water partition coefficient (Wildman–Crippen LogP) is 1.96. The molecule has 0 bridgehead atoms. The number of benzene rings is 1. The molecule has 0 radical (unpaired) electrons. The van der Waals surface area contributed by atoms with Gasteiger partial charge in [0.05, 0.1) is 20.8 Å². The van der Waals surface area contributed by atoms with Crippen LogP contribution in [0.25, 0.3) is 0 Å². The molecule has 1 fully saturated rings. The molecule has 2 N–H and O–H groups in total. The number of piperidine rings is 1. The van der Waals surface area contributed by atoms with Crippen LogP contribution in [0, 0.1) is 5.92 Å². The Labute approximate surface area is 144 Å². The van der Waals surface area contributed by atoms with Crippen molar-refractivity contribution in [1.82, 2.24) is 10.2 Å². The third-order valence-electron chi connectivity index (χ3n) is 4.51. The van der Waals surface area contributed by atoms with Gasteiger partial charge >= 0.3 is 0 Å². The summed E-state index contributed by atoms with van der Waals surface area (Å²) < 4.78 is 10.5. The lowest BCUT2D eigenvalue weighted by atomic mass is 9.93. The van der Waals surface area contributed by atoms with Crippen LogP contribution in [0.4, 0.5) is 5.69 Å². The SMILES string of the molecule is CNCCC1CCN(CC(=O)Nc2cc(OC)cc(OC)c2)CC1. The lowest BCUT2D eigenvalue weighted by Crippen LogP contribution is -2.39. The zero-order chi connectivity index (χ0) is 17.4. The fourth-order valence-corrected chi connectivity index (χ4v) is 3.06. The summed E-state index contributed by atoms with van der Waals surface area (Å²) in [6.07, 6.45) is 3.56. The summed E-state index contributed by atoms with van der Waals surface area (Å²) in [5.41, 5.74) is 0.695. The van der Waals surface area contributed by atoms with E-state index in [0.29, 0.717) is 23.7 Å². The molecule has 0 unspecified atom stereocenters. The summed E-state index contributed by atoms with van der Waals surface area (Å²) in [5.74, 6) is 2.10. The van der Waals surface area contributed by atoms with E-state index >= 15 is 0 Å². The fourth-order valence-electron chi connectivity index (χ4n) is 3.06. The van der Waals surface area contributed by atoms with Crippen LogP contribution in [-0.4, -0.2) is 58.3 Å². The summed E-state index contributed by atoms with van der Waals surface area (Å²) in [4.78, 5) is 14.5. The average molecular weight is 335 g/mol. The largest absolute Gasteiger partial charge is 0.497 e. The van der Waals surface area contributed by atoms with Crippen LogP contribution in [0.5, 0.6) is 11.5 Å². The zero-order valence-electron chi connectivity index (χ0n) is 14.9. The second kappa shape index (κ2) is 9.49. The molecule has 6 nitrogen and oxygen atoms in total. The molecule has 1 amide bonds. The molecule has 0 aliphatic carbocycles. The first-order valence-electron chi connectivity index (χ1n) is 8.54. The van der Waals surface area contributed by atoms with Crippen molar-refractivity contribution in [3.05, 3.63) is 18.2 Å². The van der Waals surface area contributed by atoms with Gasteiger partial charge in [0.15, 0.2) is 0 Å². The Morgan fingerprint density at radius 1 is 1.17 bits per heavy atom. The number of likely N-dealkylation sites (tertiary alicyclic amines) is 1. The molecule has 1 saturated heterocycles. The minimum Gasteiger partial charge on any atom is -0.497 e. The first-order chi connectivity index (χ1) is 11.6. The van der Waals surface area contributed by atoms with E-state index in [4.69, 9.17) is 9.47 Å². The highest BCUT2D eigenvalue weighted by Crippen LogP contribution is 2.26. The number of nitrogens with one attached hydrogen (secondary N) is 2. The van der Waals surface area contributed by atoms with Gasteiger partial charge in [-0.1, -0.05) is 0 Å². The molecule has 0 saturated carbocycles. The number of anilines is 1. The number of carbonyl (C=O) groups excluding carboxylic acids is 1. The third kappa shape index (κ3) is 5.69. The van der Waals surface area contributed by atoms with E-state index < -0.39 is 0 Å². The summed E-state index contributed by atoms with van der Waals surface area (Å²) >= 11 is 0. The van der Waals surface area contributed by atoms with Crippen molar-refractivity contribution in [1.29, 1.82) is 0 Å². The van der Waals surface area contributed by atoms with Crippen molar-refractivity contribution in [2.75, 3.05) is 52.8 Å². The molecular weight excluding hydrogens is 306 g/mol. The maximum atomic E-state index is 12.3. The van der Waals surface area contributed by atoms with Crippen LogP contribution in [-0.2, 0) is 4.79 Å². The van der Waals surface area contributed by atoms with Gasteiger partial charge in [-0.15, -0.1) is 0 Å². The molecule has 1 heterocycles. The molecule has 0 spiro atoms. The van der Waals surface area contributed by atoms with Crippen molar-refractivity contribution >= 4 is 11.6 Å². The first kappa shape index (κ1) is 18.5. The van der Waals surface area contributed by atoms with Gasteiger partial charge in [-0.25, -0.2) is 0 Å². The standard InChI is InChI=1S/C18H29N3O3/c1-19-7-4-14-5-8-21(9-6-14)13-18(22)20-15-10-16(23-2)12-17(11-15)24-3/h10-12,14,19H,4-9,13H2,1-3H3,(H,20,22). The summed E-state index contributed by atoms with van der Waals surface area (Å²) in [7, 11) is 5.18. The maximum absolute atomic E-state index is 12.3. The second-order valence-electron chi connectivity index (χ2n) is 6.26. The van der Waals surface area contributed by atoms with Gasteiger partial charge in [0, 0.05) is 23.9 Å². The number of carbonyl (C=O) groups is 1. The Balaban J connectivity index is 1.81. The van der Waals surface area contributed by atoms with Gasteiger partial charge in [0.2, 0.25) is 5.91 Å². The smallest absolute Gasteiger partial charge is 0.238 e. The Bertz CT molecular complexity index is 506. The van der Waals surface area contributed by atoms with Gasteiger partial charge in [-0.05, 0) is 51.9 Å². The molecule has 134 valence electrons. The van der Waals surface area contributed by atoms with E-state index in [1.54, 1.807) is 32.4 Å². The number of methoxy groups -OCH3 is 2. The van der Waals surface area contributed by atoms with E-state index in [1.807, 2.05) is 7.05 Å². The van der Waals surface area contributed by atoms with E-state index in [2.05, 4.69) is 15.5 Å². The average Bonchev–Trinajstić information content (AvgIpc) is 2.60. The van der Waals surface area contributed by atoms with Crippen LogP contribution in [0.2, 0.25) is 0 Å². The number of hydrogen-bond acceptors (Lipinski definition) is 5. The number of nitrogens with zero attached hydrogens (tertiary/aromatic N) is 1. The minimum absolute atomic E-state index is 0.000944. The van der Waals surface area contributed by atoms with Crippen LogP contribution in [0.15, 0.2) is 18.2 Å². The summed E-state index contributed by atoms with van der Waals surface area (Å²) in [6, 6.07) is 5.38. The Kier molecular flexibility index (Phi) is 7.34. The highest BCUT2D eigenvalue weighted by molar-refractivity contribution is 5.92. The van der Waals surface area contributed by atoms with E-state index in [9.17, 15) is 4.79 Å². The van der Waals surface area contributed by atoms with Gasteiger partial charge in [0.1, 0.15) is 11.5 Å². The Morgan fingerprint density at radius 3 is 2.33 bits per heavy atom. The van der Waals surface area contributed by atoms with Crippen LogP contribution in [0.1, 0.15) is 19.3 Å². The van der Waals surface area contributed by atoms with E-state index in [0.717, 1.165) is 25.6 Å². The van der Waals surface area contributed by atoms with E-state index in [-0.39, 0.29) is 5.91 Å². The maximum Gasteiger partial charge on any atom is 0.238 e. The normalized spacial score (nSPS) is 16.0. The van der Waals surface area contributed by atoms with Gasteiger partial charge in [-0.2, -0.15) is 0 Å². The Hall–Kier alpha value is -1.79. The number of hydrogen-bond donors (Lipinski definition) is 2. The third-order valence-corrected chi connectivity index (χ3v) is 4.51. The van der Waals surface area contributed by atoms with Crippen molar-refractivity contribution in [3.63, 3.8) is 0 Å². The second-order valence-corrected chi connectivity index (χ2v) is 6.26. The number of amides is 1. The topological polar surface area (TPSA) is 62.8 Å². The lowest BCUT2D eigenvalue weighted by molar-refractivity contribution is -0.117. The van der Waals surface area contributed by atoms with Crippen molar-refractivity contribution in [2.24, 2.45) is 5.92 Å². The minimum atomic E-state index is -0.000944. The molecule has 1 aliphatic rings. The zero-order valence-corrected chi connectivity index (χ0v) is 14.9. The molecule has 0 aromatic heterocycles. The van der Waals surface area contributed by atoms with Crippen molar-refractivity contribution in [2.45, 2.75) is 19.3 Å². The van der Waals surface area contributed by atoms with Crippen molar-refractivity contribution < 1.29 is 14.3 Å². The quantitative estimate of drug-likeness (QED) is 0.760. The fraction of sp³-hybridized carbons (Fsp3) is 0.611. The van der Waals surface area contributed by atoms with Gasteiger partial charge in [-0.3, -0.25) is 9.69 Å². The van der Waals surface area contributed by atoms with Crippen LogP contribution >= 0.6 is 0 Å². The summed E-state index contributed by atoms with van der Waals surface area (Å²) in [6.45, 7) is 3.48. The molecule has 6 heteroatoms.